The number of carbonyl (C=O) groups excluding carboxylic acids is 1. The minimum atomic E-state index is -1.59. The van der Waals surface area contributed by atoms with Gasteiger partial charge in [-0.25, -0.2) is 4.98 Å². The van der Waals surface area contributed by atoms with Crippen molar-refractivity contribution in [2.75, 3.05) is 0 Å². The Balaban J connectivity index is 0.000000372. The first-order valence-corrected chi connectivity index (χ1v) is 24.5. The third-order valence-electron chi connectivity index (χ3n) is 10.8. The van der Waals surface area contributed by atoms with Crippen molar-refractivity contribution < 1.29 is 30.0 Å². The van der Waals surface area contributed by atoms with Crippen LogP contribution in [-0.4, -0.2) is 28.9 Å². The summed E-state index contributed by atoms with van der Waals surface area (Å²) in [5, 5.41) is 14.9. The monoisotopic (exact) mass is 962 g/mol. The van der Waals surface area contributed by atoms with Gasteiger partial charge in [-0.15, -0.1) is 40.1 Å². The molecule has 6 aromatic rings. The maximum absolute atomic E-state index is 11.7. The van der Waals surface area contributed by atoms with E-state index < -0.39 is 8.07 Å². The van der Waals surface area contributed by atoms with Crippen LogP contribution in [0.15, 0.2) is 78.8 Å². The molecule has 6 rings (SSSR count). The van der Waals surface area contributed by atoms with Gasteiger partial charge in [0.15, 0.2) is 5.78 Å². The summed E-state index contributed by atoms with van der Waals surface area (Å²) in [6.07, 6.45) is 7.71. The normalized spacial score (nSPS) is 12.4. The maximum Gasteiger partial charge on any atom is 0.162 e. The van der Waals surface area contributed by atoms with E-state index in [0.29, 0.717) is 0 Å². The number of rotatable bonds is 11. The second-order valence-corrected chi connectivity index (χ2v) is 23.5. The summed E-state index contributed by atoms with van der Waals surface area (Å²) >= 11 is 1.80. The molecule has 4 aromatic carbocycles. The number of hydrogen-bond donors (Lipinski definition) is 1. The molecule has 0 bridgehead atoms. The van der Waals surface area contributed by atoms with Gasteiger partial charge in [-0.2, -0.15) is 0 Å². The summed E-state index contributed by atoms with van der Waals surface area (Å²) < 4.78 is 2.38. The molecule has 0 spiro atoms. The predicted molar refractivity (Wildman–Crippen MR) is 242 cm³/mol. The zero-order valence-corrected chi connectivity index (χ0v) is 39.8. The summed E-state index contributed by atoms with van der Waals surface area (Å²) in [5.41, 5.74) is 10.0. The number of aromatic nitrogens is 2. The van der Waals surface area contributed by atoms with Crippen LogP contribution in [0.2, 0.25) is 19.6 Å². The Bertz CT molecular complexity index is 2320. The van der Waals surface area contributed by atoms with E-state index in [1.165, 1.54) is 54.6 Å². The Hall–Kier alpha value is -3.48. The van der Waals surface area contributed by atoms with Gasteiger partial charge in [-0.1, -0.05) is 122 Å². The predicted octanol–water partition coefficient (Wildman–Crippen LogP) is 13.7. The molecule has 0 unspecified atom stereocenters. The van der Waals surface area contributed by atoms with E-state index in [1.807, 2.05) is 27.7 Å². The van der Waals surface area contributed by atoms with Crippen LogP contribution < -0.4 is 5.19 Å². The second kappa shape index (κ2) is 18.8. The van der Waals surface area contributed by atoms with E-state index >= 15 is 0 Å². The van der Waals surface area contributed by atoms with Crippen molar-refractivity contribution in [3.05, 3.63) is 102 Å². The summed E-state index contributed by atoms with van der Waals surface area (Å²) in [6, 6.07) is 26.3. The molecule has 0 saturated carbocycles. The molecule has 56 heavy (non-hydrogen) atoms. The number of thiophene rings is 1. The Labute approximate surface area is 354 Å². The molecule has 0 fully saturated rings. The van der Waals surface area contributed by atoms with Crippen LogP contribution in [0.25, 0.3) is 53.5 Å². The van der Waals surface area contributed by atoms with Crippen molar-refractivity contribution in [1.82, 2.24) is 9.97 Å². The first kappa shape index (κ1) is 45.2. The molecule has 0 atom stereocenters. The van der Waals surface area contributed by atoms with Crippen LogP contribution in [-0.2, 0) is 31.3 Å². The van der Waals surface area contributed by atoms with Gasteiger partial charge in [0, 0.05) is 58.5 Å². The third kappa shape index (κ3) is 10.3. The summed E-state index contributed by atoms with van der Waals surface area (Å²) in [4.78, 5) is 21.3. The van der Waals surface area contributed by atoms with Crippen molar-refractivity contribution in [1.29, 1.82) is 0 Å². The van der Waals surface area contributed by atoms with Crippen LogP contribution in [0.5, 0.6) is 0 Å². The minimum absolute atomic E-state index is 0. The summed E-state index contributed by atoms with van der Waals surface area (Å²) in [5.74, 6) is 0.547. The molecule has 4 nitrogen and oxygen atoms in total. The number of allylic oxidation sites excluding steroid dienone is 2. The number of aryl methyl sites for hydroxylation is 2. The standard InChI is InChI=1S/C36H37N2SSi.C13H24O2.Ir/c1-22-15-24(20-36(3,4)5)16-23(2)32(22)26-13-14-29-30(18-26)39-35-33(37-21-38-34(29)35)27-17-25-11-9-10-12-28(25)31(19-27)40(6,7)8;1-5-10(6-2)12(14)9-13(15)11(7-3)8-4;/h9-16,18-19,21H,20H2,1-8H3;9-11,14H,5-8H2,1-4H3;/q-1;;/b;12-9-;. The maximum atomic E-state index is 11.7. The first-order chi connectivity index (χ1) is 26.0. The van der Waals surface area contributed by atoms with Gasteiger partial charge < -0.3 is 5.11 Å². The number of nitrogens with zero attached hydrogens (tertiary/aromatic N) is 2. The van der Waals surface area contributed by atoms with E-state index in [2.05, 4.69) is 121 Å². The molecule has 0 saturated heterocycles. The number of ketones is 1. The number of aliphatic hydroxyl groups is 1. The molecule has 1 radical (unpaired) electrons. The van der Waals surface area contributed by atoms with Gasteiger partial charge in [0.05, 0.1) is 19.3 Å². The molecular weight excluding hydrogens is 901 g/mol. The number of aliphatic hydroxyl groups excluding tert-OH is 1. The van der Waals surface area contributed by atoms with Gasteiger partial charge in [-0.05, 0) is 85.3 Å². The molecule has 0 aliphatic heterocycles. The third-order valence-corrected chi connectivity index (χ3v) is 14.0. The van der Waals surface area contributed by atoms with Crippen LogP contribution in [0.1, 0.15) is 90.8 Å². The molecule has 0 aliphatic rings. The number of fused-ring (bicyclic) bond motifs is 4. The fourth-order valence-electron chi connectivity index (χ4n) is 7.90. The topological polar surface area (TPSA) is 63.1 Å². The van der Waals surface area contributed by atoms with E-state index in [0.717, 1.165) is 59.0 Å². The smallest absolute Gasteiger partial charge is 0.162 e. The zero-order valence-electron chi connectivity index (χ0n) is 35.6. The molecule has 1 N–H and O–H groups in total. The van der Waals surface area contributed by atoms with Crippen molar-refractivity contribution in [3.8, 4) is 22.4 Å². The van der Waals surface area contributed by atoms with E-state index in [4.69, 9.17) is 9.97 Å². The van der Waals surface area contributed by atoms with Gasteiger partial charge in [0.25, 0.3) is 0 Å². The van der Waals surface area contributed by atoms with Crippen LogP contribution >= 0.6 is 11.3 Å². The average molecular weight is 962 g/mol. The Kier molecular flexibility index (Phi) is 15.2. The van der Waals surface area contributed by atoms with Crippen LogP contribution in [0.4, 0.5) is 0 Å². The second-order valence-electron chi connectivity index (χ2n) is 17.4. The van der Waals surface area contributed by atoms with E-state index in [-0.39, 0.29) is 48.9 Å². The average Bonchev–Trinajstić information content (AvgIpc) is 3.49. The molecule has 0 amide bonds. The Morgan fingerprint density at radius 2 is 1.48 bits per heavy atom. The van der Waals surface area contributed by atoms with Gasteiger partial charge in [0.1, 0.15) is 6.33 Å². The molecule has 299 valence electrons. The van der Waals surface area contributed by atoms with Crippen molar-refractivity contribution >= 4 is 61.5 Å². The van der Waals surface area contributed by atoms with E-state index in [1.54, 1.807) is 17.7 Å². The van der Waals surface area contributed by atoms with Crippen LogP contribution in [0, 0.1) is 37.2 Å². The van der Waals surface area contributed by atoms with Gasteiger partial charge >= 0.3 is 0 Å². The van der Waals surface area contributed by atoms with Crippen molar-refractivity contribution in [2.45, 2.75) is 114 Å². The minimum Gasteiger partial charge on any atom is -0.512 e. The Morgan fingerprint density at radius 1 is 0.857 bits per heavy atom. The Morgan fingerprint density at radius 3 is 2.07 bits per heavy atom. The van der Waals surface area contributed by atoms with Crippen molar-refractivity contribution in [3.63, 3.8) is 0 Å². The van der Waals surface area contributed by atoms with Gasteiger partial charge in [0.2, 0.25) is 0 Å². The largest absolute Gasteiger partial charge is 0.512 e. The van der Waals surface area contributed by atoms with E-state index in [9.17, 15) is 9.90 Å². The molecule has 0 aliphatic carbocycles. The quantitative estimate of drug-likeness (QED) is 0.0608. The SMILES string of the molecule is CCC(CC)C(=O)/C=C(\O)C(CC)CC.Cc1cc(CC(C)(C)C)cc(C)c1-c1ccc2c(c1)sc1c(-c3[c-]c4ccccc4c([Si](C)(C)C)c3)ncnc12.[Ir]. The summed E-state index contributed by atoms with van der Waals surface area (Å²) in [6.45, 7) is 26.7. The molecule has 2 aromatic heterocycles. The zero-order chi connectivity index (χ0) is 40.2. The molecule has 2 heterocycles. The number of carbonyl (C=O) groups is 1. The summed E-state index contributed by atoms with van der Waals surface area (Å²) in [7, 11) is -1.59. The van der Waals surface area contributed by atoms with Crippen LogP contribution in [0.3, 0.4) is 0 Å². The van der Waals surface area contributed by atoms with Gasteiger partial charge in [-0.3, -0.25) is 9.78 Å². The molecule has 7 heteroatoms. The first-order valence-electron chi connectivity index (χ1n) is 20.2. The number of benzene rings is 4. The fourth-order valence-corrected chi connectivity index (χ4v) is 10.7. The fraction of sp³-hybridized carbons (Fsp3) is 0.408. The number of hydrogen-bond acceptors (Lipinski definition) is 5. The van der Waals surface area contributed by atoms with Crippen molar-refractivity contribution in [2.24, 2.45) is 17.3 Å². The molecular formula is C49H61IrN2O2SSi-.